The molecule has 0 radical (unpaired) electrons. The van der Waals surface area contributed by atoms with Gasteiger partial charge in [-0.05, 0) is 73.4 Å². The van der Waals surface area contributed by atoms with Gasteiger partial charge in [-0.2, -0.15) is 0 Å². The van der Waals surface area contributed by atoms with Gasteiger partial charge in [0.25, 0.3) is 10.0 Å². The van der Waals surface area contributed by atoms with Gasteiger partial charge in [-0.15, -0.1) is 0 Å². The fraction of sp³-hybridized carbons (Fsp3) is 0.355. The molecule has 3 rings (SSSR count). The van der Waals surface area contributed by atoms with Crippen molar-refractivity contribution in [3.05, 3.63) is 88.4 Å². The van der Waals surface area contributed by atoms with Crippen LogP contribution in [0.3, 0.4) is 0 Å². The van der Waals surface area contributed by atoms with Crippen LogP contribution in [-0.2, 0) is 26.2 Å². The summed E-state index contributed by atoms with van der Waals surface area (Å²) in [6.45, 7) is 7.96. The molecule has 1 unspecified atom stereocenters. The third-order valence-electron chi connectivity index (χ3n) is 6.45. The minimum Gasteiger partial charge on any atom is -0.494 e. The predicted octanol–water partition coefficient (Wildman–Crippen LogP) is 6.17. The Balaban J connectivity index is 2.03. The minimum atomic E-state index is -4.18. The summed E-state index contributed by atoms with van der Waals surface area (Å²) in [4.78, 5) is 28.8. The van der Waals surface area contributed by atoms with Crippen LogP contribution in [0.4, 0.5) is 5.69 Å². The lowest BCUT2D eigenvalue weighted by molar-refractivity contribution is -0.140. The molecule has 0 aliphatic heterocycles. The number of anilines is 1. The van der Waals surface area contributed by atoms with Gasteiger partial charge < -0.3 is 15.0 Å². The number of hydrogen-bond donors (Lipinski definition) is 1. The summed E-state index contributed by atoms with van der Waals surface area (Å²) in [7, 11) is -4.18. The Bertz CT molecular complexity index is 1450. The number of nitrogens with zero attached hydrogens (tertiary/aromatic N) is 2. The topological polar surface area (TPSA) is 96.0 Å². The van der Waals surface area contributed by atoms with Crippen molar-refractivity contribution in [1.29, 1.82) is 0 Å². The van der Waals surface area contributed by atoms with Crippen LogP contribution in [0.5, 0.6) is 5.75 Å². The second-order valence-electron chi connectivity index (χ2n) is 10.1. The third-order valence-corrected chi connectivity index (χ3v) is 8.98. The molecule has 3 aromatic carbocycles. The maximum Gasteiger partial charge on any atom is 0.264 e. The van der Waals surface area contributed by atoms with Crippen molar-refractivity contribution < 1.29 is 22.7 Å². The molecule has 0 aromatic heterocycles. The van der Waals surface area contributed by atoms with E-state index in [4.69, 9.17) is 27.9 Å². The van der Waals surface area contributed by atoms with E-state index in [1.165, 1.54) is 17.0 Å². The summed E-state index contributed by atoms with van der Waals surface area (Å²) >= 11 is 12.4. The van der Waals surface area contributed by atoms with Crippen LogP contribution >= 0.6 is 23.2 Å². The van der Waals surface area contributed by atoms with Crippen molar-refractivity contribution in [2.75, 3.05) is 24.0 Å². The van der Waals surface area contributed by atoms with Crippen LogP contribution < -0.4 is 14.4 Å². The molecule has 42 heavy (non-hydrogen) atoms. The first-order valence-electron chi connectivity index (χ1n) is 13.8. The molecule has 0 saturated heterocycles. The maximum atomic E-state index is 14.1. The second-order valence-corrected chi connectivity index (χ2v) is 12.8. The van der Waals surface area contributed by atoms with Crippen molar-refractivity contribution in [2.24, 2.45) is 5.92 Å². The van der Waals surface area contributed by atoms with Gasteiger partial charge in [0, 0.05) is 13.1 Å². The van der Waals surface area contributed by atoms with Gasteiger partial charge in [-0.1, -0.05) is 68.2 Å². The molecule has 226 valence electrons. The Labute approximate surface area is 258 Å². The summed E-state index contributed by atoms with van der Waals surface area (Å²) < 4.78 is 34.4. The van der Waals surface area contributed by atoms with Crippen LogP contribution in [0.15, 0.2) is 77.7 Å². The average molecular weight is 635 g/mol. The van der Waals surface area contributed by atoms with Crippen LogP contribution in [0.2, 0.25) is 10.0 Å². The Hall–Kier alpha value is -3.27. The first-order valence-corrected chi connectivity index (χ1v) is 16.0. The van der Waals surface area contributed by atoms with Crippen molar-refractivity contribution >= 4 is 50.7 Å². The second kappa shape index (κ2) is 15.3. The summed E-state index contributed by atoms with van der Waals surface area (Å²) in [5.74, 6) is -0.130. The average Bonchev–Trinajstić information content (AvgIpc) is 2.97. The van der Waals surface area contributed by atoms with Gasteiger partial charge in [-0.25, -0.2) is 8.42 Å². The lowest BCUT2D eigenvalue weighted by atomic mass is 10.1. The maximum absolute atomic E-state index is 14.1. The molecule has 0 aliphatic carbocycles. The highest BCUT2D eigenvalue weighted by molar-refractivity contribution is 7.92. The summed E-state index contributed by atoms with van der Waals surface area (Å²) in [6, 6.07) is 18.6. The number of nitrogens with one attached hydrogen (secondary N) is 1. The zero-order valence-corrected chi connectivity index (χ0v) is 26.5. The highest BCUT2D eigenvalue weighted by atomic mass is 35.5. The number of carbonyl (C=O) groups is 2. The highest BCUT2D eigenvalue weighted by Crippen LogP contribution is 2.27. The molecule has 0 heterocycles. The van der Waals surface area contributed by atoms with E-state index in [-0.39, 0.29) is 23.3 Å². The molecule has 0 aliphatic rings. The van der Waals surface area contributed by atoms with Gasteiger partial charge in [0.05, 0.1) is 27.2 Å². The number of carbonyl (C=O) groups excluding carboxylic acids is 2. The Morgan fingerprint density at radius 3 is 2.17 bits per heavy atom. The molecule has 1 N–H and O–H groups in total. The largest absolute Gasteiger partial charge is 0.494 e. The molecule has 1 atom stereocenters. The summed E-state index contributed by atoms with van der Waals surface area (Å²) in [5.41, 5.74) is 0.958. The molecule has 2 amide bonds. The zero-order valence-electron chi connectivity index (χ0n) is 24.2. The number of halogens is 2. The molecule has 8 nitrogen and oxygen atoms in total. The Kier molecular flexibility index (Phi) is 12.1. The number of benzene rings is 3. The fourth-order valence-corrected chi connectivity index (χ4v) is 6.04. The van der Waals surface area contributed by atoms with E-state index < -0.39 is 28.5 Å². The highest BCUT2D eigenvalue weighted by Gasteiger charge is 2.33. The van der Waals surface area contributed by atoms with Gasteiger partial charge in [0.15, 0.2) is 0 Å². The molecule has 0 saturated carbocycles. The lowest BCUT2D eigenvalue weighted by Gasteiger charge is -2.33. The van der Waals surface area contributed by atoms with Crippen LogP contribution in [-0.4, -0.2) is 50.9 Å². The van der Waals surface area contributed by atoms with Crippen molar-refractivity contribution in [1.82, 2.24) is 10.2 Å². The zero-order chi connectivity index (χ0) is 30.9. The number of sulfonamides is 1. The van der Waals surface area contributed by atoms with E-state index in [0.29, 0.717) is 46.6 Å². The smallest absolute Gasteiger partial charge is 0.264 e. The standard InChI is InChI=1S/C31H37Cl2N3O5S/c1-5-29(31(38)34-19-22(3)4)35(20-23-12-17-27(32)28(33)18-23)30(37)21-36(24-10-8-7-9-11-24)42(39,40)26-15-13-25(14-16-26)41-6-2/h7-18,22,29H,5-6,19-21H2,1-4H3,(H,34,38). The molecular formula is C31H37Cl2N3O5S. The molecule has 3 aromatic rings. The Morgan fingerprint density at radius 2 is 1.60 bits per heavy atom. The van der Waals surface area contributed by atoms with Crippen LogP contribution in [0, 0.1) is 5.92 Å². The van der Waals surface area contributed by atoms with E-state index >= 15 is 0 Å². The number of ether oxygens (including phenoxy) is 1. The number of rotatable bonds is 14. The molecule has 0 fully saturated rings. The SMILES string of the molecule is CCOc1ccc(S(=O)(=O)N(CC(=O)N(Cc2ccc(Cl)c(Cl)c2)C(CC)C(=O)NCC(C)C)c2ccccc2)cc1. The minimum absolute atomic E-state index is 0.000331. The first kappa shape index (κ1) is 33.2. The number of hydrogen-bond acceptors (Lipinski definition) is 5. The monoisotopic (exact) mass is 633 g/mol. The van der Waals surface area contributed by atoms with Crippen LogP contribution in [0.25, 0.3) is 0 Å². The first-order chi connectivity index (χ1) is 20.0. The molecule has 0 spiro atoms. The summed E-state index contributed by atoms with van der Waals surface area (Å²) in [6.07, 6.45) is 0.313. The summed E-state index contributed by atoms with van der Waals surface area (Å²) in [5, 5.41) is 3.57. The number of para-hydroxylation sites is 1. The van der Waals surface area contributed by atoms with Crippen molar-refractivity contribution in [2.45, 2.75) is 51.6 Å². The molecule has 0 bridgehead atoms. The van der Waals surface area contributed by atoms with Gasteiger partial charge in [0.2, 0.25) is 11.8 Å². The van der Waals surface area contributed by atoms with E-state index in [1.54, 1.807) is 67.6 Å². The molecular weight excluding hydrogens is 597 g/mol. The van der Waals surface area contributed by atoms with E-state index in [1.807, 2.05) is 20.8 Å². The van der Waals surface area contributed by atoms with E-state index in [0.717, 1.165) is 4.31 Å². The van der Waals surface area contributed by atoms with Crippen molar-refractivity contribution in [3.8, 4) is 5.75 Å². The number of amides is 2. The lowest BCUT2D eigenvalue weighted by Crippen LogP contribution is -2.52. The van der Waals surface area contributed by atoms with E-state index in [9.17, 15) is 18.0 Å². The van der Waals surface area contributed by atoms with E-state index in [2.05, 4.69) is 5.32 Å². The fourth-order valence-electron chi connectivity index (χ4n) is 4.30. The Morgan fingerprint density at radius 1 is 0.929 bits per heavy atom. The molecule has 11 heteroatoms. The quantitative estimate of drug-likeness (QED) is 0.229. The van der Waals surface area contributed by atoms with Gasteiger partial charge in [0.1, 0.15) is 18.3 Å². The van der Waals surface area contributed by atoms with Gasteiger partial charge in [-0.3, -0.25) is 13.9 Å². The third kappa shape index (κ3) is 8.63. The predicted molar refractivity (Wildman–Crippen MR) is 168 cm³/mol. The van der Waals surface area contributed by atoms with Crippen LogP contribution in [0.1, 0.15) is 39.7 Å². The normalized spacial score (nSPS) is 12.1. The van der Waals surface area contributed by atoms with Gasteiger partial charge >= 0.3 is 0 Å². The van der Waals surface area contributed by atoms with Crippen molar-refractivity contribution in [3.63, 3.8) is 0 Å².